The summed E-state index contributed by atoms with van der Waals surface area (Å²) >= 11 is 1.26. The monoisotopic (exact) mass is 261 g/mol. The molecule has 0 aliphatic rings. The van der Waals surface area contributed by atoms with Crippen LogP contribution in [0.1, 0.15) is 12.5 Å². The van der Waals surface area contributed by atoms with Gasteiger partial charge in [-0.25, -0.2) is 9.89 Å². The number of benzene rings is 1. The third kappa shape index (κ3) is 2.24. The first-order chi connectivity index (χ1) is 8.65. The van der Waals surface area contributed by atoms with Gasteiger partial charge in [0.05, 0.1) is 5.56 Å². The Morgan fingerprint density at radius 2 is 2.39 bits per heavy atom. The summed E-state index contributed by atoms with van der Waals surface area (Å²) in [5.41, 5.74) is 6.37. The molecule has 2 aromatic rings. The van der Waals surface area contributed by atoms with E-state index >= 15 is 0 Å². The summed E-state index contributed by atoms with van der Waals surface area (Å²) in [5.74, 6) is 0. The van der Waals surface area contributed by atoms with Crippen molar-refractivity contribution in [2.45, 2.75) is 23.5 Å². The molecule has 1 heterocycles. The Morgan fingerprint density at radius 1 is 1.61 bits per heavy atom. The van der Waals surface area contributed by atoms with Gasteiger partial charge in [0.15, 0.2) is 5.16 Å². The van der Waals surface area contributed by atoms with Crippen LogP contribution in [0.25, 0.3) is 0 Å². The number of nitrogens with zero attached hydrogens (tertiary/aromatic N) is 3. The van der Waals surface area contributed by atoms with Gasteiger partial charge in [0.1, 0.15) is 6.07 Å². The van der Waals surface area contributed by atoms with Gasteiger partial charge in [-0.2, -0.15) is 5.26 Å². The lowest BCUT2D eigenvalue weighted by Crippen LogP contribution is -2.16. The first-order valence-electron chi connectivity index (χ1n) is 5.28. The molecule has 0 saturated heterocycles. The van der Waals surface area contributed by atoms with E-state index in [1.165, 1.54) is 16.3 Å². The highest BCUT2D eigenvalue weighted by atomic mass is 32.2. The summed E-state index contributed by atoms with van der Waals surface area (Å²) in [7, 11) is 0. The van der Waals surface area contributed by atoms with E-state index in [1.54, 1.807) is 18.2 Å². The summed E-state index contributed by atoms with van der Waals surface area (Å²) in [6.45, 7) is 2.38. The van der Waals surface area contributed by atoms with Crippen molar-refractivity contribution in [3.05, 3.63) is 34.2 Å². The fraction of sp³-hybridized carbons (Fsp3) is 0.182. The Bertz CT molecular complexity index is 667. The second kappa shape index (κ2) is 4.98. The Hall–Kier alpha value is -2.20. The van der Waals surface area contributed by atoms with E-state index in [9.17, 15) is 4.79 Å². The molecular weight excluding hydrogens is 250 g/mol. The fourth-order valence-corrected chi connectivity index (χ4v) is 2.44. The summed E-state index contributed by atoms with van der Waals surface area (Å²) in [6.07, 6.45) is 0. The van der Waals surface area contributed by atoms with E-state index < -0.39 is 0 Å². The van der Waals surface area contributed by atoms with Gasteiger partial charge in [0.25, 0.3) is 0 Å². The Morgan fingerprint density at radius 3 is 3.06 bits per heavy atom. The zero-order chi connectivity index (χ0) is 13.1. The number of hydrogen-bond acceptors (Lipinski definition) is 5. The minimum absolute atomic E-state index is 0.256. The summed E-state index contributed by atoms with van der Waals surface area (Å²) in [6, 6.07) is 7.14. The minimum atomic E-state index is -0.256. The maximum atomic E-state index is 11.4. The molecule has 1 aromatic carbocycles. The number of hydrogen-bond donors (Lipinski definition) is 2. The van der Waals surface area contributed by atoms with Crippen LogP contribution in [0, 0.1) is 11.3 Å². The van der Waals surface area contributed by atoms with Gasteiger partial charge in [-0.05, 0) is 36.9 Å². The van der Waals surface area contributed by atoms with Crippen LogP contribution in [-0.2, 0) is 6.54 Å². The predicted molar refractivity (Wildman–Crippen MR) is 68.2 cm³/mol. The summed E-state index contributed by atoms with van der Waals surface area (Å²) in [5, 5.41) is 15.9. The number of nitriles is 1. The van der Waals surface area contributed by atoms with Gasteiger partial charge in [-0.3, -0.25) is 4.57 Å². The zero-order valence-corrected chi connectivity index (χ0v) is 10.5. The largest absolute Gasteiger partial charge is 0.399 e. The lowest BCUT2D eigenvalue weighted by molar-refractivity contribution is 0.660. The number of H-pyrrole nitrogens is 1. The van der Waals surface area contributed by atoms with Crippen LogP contribution in [-0.4, -0.2) is 14.8 Å². The van der Waals surface area contributed by atoms with Crippen LogP contribution in [0.2, 0.25) is 0 Å². The number of rotatable bonds is 3. The van der Waals surface area contributed by atoms with Gasteiger partial charge in [0, 0.05) is 17.1 Å². The molecule has 1 aromatic heterocycles. The van der Waals surface area contributed by atoms with Crippen molar-refractivity contribution in [3.63, 3.8) is 0 Å². The van der Waals surface area contributed by atoms with Crippen LogP contribution < -0.4 is 11.4 Å². The lowest BCUT2D eigenvalue weighted by atomic mass is 10.2. The van der Waals surface area contributed by atoms with Crippen LogP contribution in [0.3, 0.4) is 0 Å². The number of nitrogens with one attached hydrogen (secondary N) is 1. The normalized spacial score (nSPS) is 10.2. The fourth-order valence-electron chi connectivity index (χ4n) is 1.48. The van der Waals surface area contributed by atoms with Crippen molar-refractivity contribution in [3.8, 4) is 6.07 Å². The molecule has 0 spiro atoms. The van der Waals surface area contributed by atoms with Crippen molar-refractivity contribution < 1.29 is 0 Å². The third-order valence-corrected chi connectivity index (χ3v) is 3.43. The van der Waals surface area contributed by atoms with E-state index in [1.807, 2.05) is 6.92 Å². The highest BCUT2D eigenvalue weighted by Gasteiger charge is 2.11. The molecule has 0 atom stereocenters. The maximum absolute atomic E-state index is 11.4. The number of aromatic amines is 1. The van der Waals surface area contributed by atoms with E-state index in [-0.39, 0.29) is 5.69 Å². The number of aromatic nitrogens is 3. The number of anilines is 1. The highest BCUT2D eigenvalue weighted by Crippen LogP contribution is 2.29. The first-order valence-corrected chi connectivity index (χ1v) is 6.10. The molecule has 0 aliphatic carbocycles. The second-order valence-electron chi connectivity index (χ2n) is 3.53. The Labute approximate surface area is 107 Å². The molecule has 0 saturated carbocycles. The van der Waals surface area contributed by atoms with E-state index in [2.05, 4.69) is 16.3 Å². The zero-order valence-electron chi connectivity index (χ0n) is 9.67. The highest BCUT2D eigenvalue weighted by molar-refractivity contribution is 7.99. The van der Waals surface area contributed by atoms with E-state index in [4.69, 9.17) is 11.0 Å². The molecule has 2 rings (SSSR count). The molecule has 6 nitrogen and oxygen atoms in total. The van der Waals surface area contributed by atoms with Crippen LogP contribution >= 0.6 is 11.8 Å². The Kier molecular flexibility index (Phi) is 3.39. The van der Waals surface area contributed by atoms with Gasteiger partial charge in [-0.15, -0.1) is 5.10 Å². The molecule has 0 radical (unpaired) electrons. The molecule has 7 heteroatoms. The number of nitrogen functional groups attached to an aromatic ring is 1. The maximum Gasteiger partial charge on any atom is 0.343 e. The van der Waals surface area contributed by atoms with Gasteiger partial charge in [-0.1, -0.05) is 0 Å². The van der Waals surface area contributed by atoms with Crippen molar-refractivity contribution >= 4 is 17.4 Å². The molecule has 0 unspecified atom stereocenters. The smallest absolute Gasteiger partial charge is 0.343 e. The third-order valence-electron chi connectivity index (χ3n) is 2.36. The molecule has 0 fully saturated rings. The van der Waals surface area contributed by atoms with Crippen molar-refractivity contribution in [2.24, 2.45) is 0 Å². The SMILES string of the molecule is CCn1c(Sc2ccc(N)cc2C#N)n[nH]c1=O. The summed E-state index contributed by atoms with van der Waals surface area (Å²) in [4.78, 5) is 12.1. The molecule has 0 aliphatic heterocycles. The number of nitrogens with two attached hydrogens (primary N) is 1. The van der Waals surface area contributed by atoms with Crippen molar-refractivity contribution in [1.29, 1.82) is 5.26 Å². The summed E-state index contributed by atoms with van der Waals surface area (Å²) < 4.78 is 1.50. The van der Waals surface area contributed by atoms with Crippen molar-refractivity contribution in [1.82, 2.24) is 14.8 Å². The first kappa shape index (κ1) is 12.3. The average molecular weight is 261 g/mol. The molecule has 0 bridgehead atoms. The molecule has 18 heavy (non-hydrogen) atoms. The van der Waals surface area contributed by atoms with E-state index in [0.717, 1.165) is 4.90 Å². The predicted octanol–water partition coefficient (Wildman–Crippen LogP) is 1.20. The molecule has 92 valence electrons. The quantitative estimate of drug-likeness (QED) is 0.808. The average Bonchev–Trinajstić information content (AvgIpc) is 2.72. The van der Waals surface area contributed by atoms with Crippen LogP contribution in [0.5, 0.6) is 0 Å². The van der Waals surface area contributed by atoms with E-state index in [0.29, 0.717) is 23.0 Å². The molecule has 0 amide bonds. The van der Waals surface area contributed by atoms with Crippen molar-refractivity contribution in [2.75, 3.05) is 5.73 Å². The van der Waals surface area contributed by atoms with Crippen LogP contribution in [0.4, 0.5) is 5.69 Å². The van der Waals surface area contributed by atoms with Gasteiger partial charge < -0.3 is 5.73 Å². The second-order valence-corrected chi connectivity index (χ2v) is 4.53. The minimum Gasteiger partial charge on any atom is -0.399 e. The lowest BCUT2D eigenvalue weighted by Gasteiger charge is -2.04. The molecule has 3 N–H and O–H groups in total. The van der Waals surface area contributed by atoms with Gasteiger partial charge >= 0.3 is 5.69 Å². The standard InChI is InChI=1S/C11H11N5OS/c1-2-16-10(17)14-15-11(16)18-9-4-3-8(13)5-7(9)6-12/h3-5H,2,13H2,1H3,(H,14,17). The molecular formula is C11H11N5OS. The van der Waals surface area contributed by atoms with Gasteiger partial charge in [0.2, 0.25) is 0 Å². The van der Waals surface area contributed by atoms with Crippen LogP contribution in [0.15, 0.2) is 33.0 Å². The topological polar surface area (TPSA) is 100 Å². The Balaban J connectivity index is 2.40.